The Morgan fingerprint density at radius 1 is 0.850 bits per heavy atom. The van der Waals surface area contributed by atoms with Gasteiger partial charge in [-0.15, -0.1) is 0 Å². The first-order chi connectivity index (χ1) is 9.40. The van der Waals surface area contributed by atoms with Crippen LogP contribution in [-0.4, -0.2) is 37.9 Å². The number of rotatable bonds is 7. The van der Waals surface area contributed by atoms with Crippen LogP contribution in [0.5, 0.6) is 0 Å². The van der Waals surface area contributed by atoms with Crippen LogP contribution in [0, 0.1) is 0 Å². The Balaban J connectivity index is -0.000000230. The lowest BCUT2D eigenvalue weighted by Crippen LogP contribution is -2.12. The standard InChI is InChI=1S/C6H14O2.C5H8O3.C4H10/c1-4-7-6(3)8-5-2;1-3-8-5(7)4(2)6;1-3-4-2/h6H,4-5H2,1-3H3;3H2,1-2H3;3-4H2,1-2H3. The second-order valence-corrected chi connectivity index (χ2v) is 3.75. The number of ether oxygens (including phenoxy) is 3. The Morgan fingerprint density at radius 3 is 1.40 bits per heavy atom. The molecule has 122 valence electrons. The van der Waals surface area contributed by atoms with Crippen LogP contribution in [0.15, 0.2) is 0 Å². The lowest BCUT2D eigenvalue weighted by molar-refractivity contribution is -0.152. The summed E-state index contributed by atoms with van der Waals surface area (Å²) in [6, 6.07) is 0. The van der Waals surface area contributed by atoms with Crippen molar-refractivity contribution in [2.24, 2.45) is 0 Å². The van der Waals surface area contributed by atoms with Crippen LogP contribution in [0.4, 0.5) is 0 Å². The Bertz CT molecular complexity index is 208. The minimum atomic E-state index is -0.757. The summed E-state index contributed by atoms with van der Waals surface area (Å²) in [4.78, 5) is 20.2. The summed E-state index contributed by atoms with van der Waals surface area (Å²) in [5.41, 5.74) is 0. The number of carbonyl (C=O) groups excluding carboxylic acids is 2. The minimum absolute atomic E-state index is 0.0370. The highest BCUT2D eigenvalue weighted by Gasteiger charge is 2.05. The number of Topliss-reactive ketones (excluding diaryl/α,β-unsaturated/α-hetero) is 1. The predicted octanol–water partition coefficient (Wildman–Crippen LogP) is 3.35. The van der Waals surface area contributed by atoms with Gasteiger partial charge < -0.3 is 14.2 Å². The van der Waals surface area contributed by atoms with E-state index in [2.05, 4.69) is 18.6 Å². The molecule has 0 rings (SSSR count). The van der Waals surface area contributed by atoms with Gasteiger partial charge in [0.05, 0.1) is 6.61 Å². The maximum absolute atomic E-state index is 10.2. The van der Waals surface area contributed by atoms with Crippen LogP contribution < -0.4 is 0 Å². The van der Waals surface area contributed by atoms with Crippen LogP contribution in [0.25, 0.3) is 0 Å². The molecule has 0 aromatic heterocycles. The molecule has 5 nitrogen and oxygen atoms in total. The molecule has 0 bridgehead atoms. The van der Waals surface area contributed by atoms with E-state index in [1.54, 1.807) is 6.92 Å². The lowest BCUT2D eigenvalue weighted by atomic mass is 10.4. The summed E-state index contributed by atoms with van der Waals surface area (Å²) in [7, 11) is 0. The van der Waals surface area contributed by atoms with Gasteiger partial charge in [0, 0.05) is 20.1 Å². The number of hydrogen-bond donors (Lipinski definition) is 0. The van der Waals surface area contributed by atoms with E-state index >= 15 is 0 Å². The number of ketones is 1. The molecule has 0 N–H and O–H groups in total. The van der Waals surface area contributed by atoms with E-state index < -0.39 is 11.8 Å². The first-order valence-electron chi connectivity index (χ1n) is 7.31. The third-order valence-corrected chi connectivity index (χ3v) is 1.87. The Kier molecular flexibility index (Phi) is 24.6. The highest BCUT2D eigenvalue weighted by atomic mass is 16.7. The smallest absolute Gasteiger partial charge is 0.374 e. The van der Waals surface area contributed by atoms with E-state index in [-0.39, 0.29) is 12.9 Å². The second kappa shape index (κ2) is 20.4. The molecule has 0 saturated carbocycles. The molecule has 20 heavy (non-hydrogen) atoms. The fourth-order valence-electron chi connectivity index (χ4n) is 0.750. The quantitative estimate of drug-likeness (QED) is 0.409. The first kappa shape index (κ1) is 24.1. The highest BCUT2D eigenvalue weighted by molar-refractivity contribution is 6.32. The molecule has 0 atom stereocenters. The van der Waals surface area contributed by atoms with Gasteiger partial charge in [-0.05, 0) is 27.7 Å². The van der Waals surface area contributed by atoms with Crippen molar-refractivity contribution in [1.82, 2.24) is 0 Å². The highest BCUT2D eigenvalue weighted by Crippen LogP contribution is 1.90. The van der Waals surface area contributed by atoms with Crippen molar-refractivity contribution in [2.45, 2.75) is 67.6 Å². The van der Waals surface area contributed by atoms with Gasteiger partial charge in [-0.25, -0.2) is 4.79 Å². The van der Waals surface area contributed by atoms with E-state index in [1.807, 2.05) is 20.8 Å². The normalized spacial score (nSPS) is 9.00. The van der Waals surface area contributed by atoms with Crippen molar-refractivity contribution in [2.75, 3.05) is 19.8 Å². The van der Waals surface area contributed by atoms with Gasteiger partial charge in [-0.1, -0.05) is 26.7 Å². The van der Waals surface area contributed by atoms with Crippen LogP contribution in [0.2, 0.25) is 0 Å². The van der Waals surface area contributed by atoms with Crippen LogP contribution in [0.3, 0.4) is 0 Å². The van der Waals surface area contributed by atoms with Gasteiger partial charge >= 0.3 is 5.97 Å². The zero-order valence-electron chi connectivity index (χ0n) is 14.2. The summed E-state index contributed by atoms with van der Waals surface area (Å²) in [6.07, 6.45) is 2.60. The maximum Gasteiger partial charge on any atom is 0.374 e. The molecule has 0 fully saturated rings. The van der Waals surface area contributed by atoms with Gasteiger partial charge in [0.1, 0.15) is 0 Å². The SMILES string of the molecule is CCCC.CCOC(=O)C(C)=O.CCOC(C)OCC. The van der Waals surface area contributed by atoms with Crippen LogP contribution in [0.1, 0.15) is 61.3 Å². The van der Waals surface area contributed by atoms with Gasteiger partial charge in [-0.2, -0.15) is 0 Å². The van der Waals surface area contributed by atoms with Crippen molar-refractivity contribution in [3.8, 4) is 0 Å². The van der Waals surface area contributed by atoms with Crippen LogP contribution >= 0.6 is 0 Å². The molecule has 0 unspecified atom stereocenters. The third kappa shape index (κ3) is 25.8. The zero-order valence-corrected chi connectivity index (χ0v) is 14.2. The van der Waals surface area contributed by atoms with E-state index in [9.17, 15) is 9.59 Å². The molecule has 0 heterocycles. The monoisotopic (exact) mass is 292 g/mol. The molecule has 0 radical (unpaired) electrons. The minimum Gasteiger partial charge on any atom is -0.460 e. The van der Waals surface area contributed by atoms with E-state index in [0.717, 1.165) is 13.2 Å². The molecular weight excluding hydrogens is 260 g/mol. The maximum atomic E-state index is 10.2. The third-order valence-electron chi connectivity index (χ3n) is 1.87. The van der Waals surface area contributed by atoms with Crippen molar-refractivity contribution < 1.29 is 23.8 Å². The van der Waals surface area contributed by atoms with Crippen molar-refractivity contribution >= 4 is 11.8 Å². The summed E-state index contributed by atoms with van der Waals surface area (Å²) in [5, 5.41) is 0. The van der Waals surface area contributed by atoms with Gasteiger partial charge in [0.2, 0.25) is 5.78 Å². The fraction of sp³-hybridized carbons (Fsp3) is 0.867. The van der Waals surface area contributed by atoms with Gasteiger partial charge in [-0.3, -0.25) is 4.79 Å². The largest absolute Gasteiger partial charge is 0.460 e. The predicted molar refractivity (Wildman–Crippen MR) is 80.6 cm³/mol. The molecule has 0 aliphatic heterocycles. The first-order valence-corrected chi connectivity index (χ1v) is 7.31. The molecule has 0 spiro atoms. The van der Waals surface area contributed by atoms with Gasteiger partial charge in [0.25, 0.3) is 0 Å². The van der Waals surface area contributed by atoms with Crippen LogP contribution in [-0.2, 0) is 23.8 Å². The van der Waals surface area contributed by atoms with E-state index in [1.165, 1.54) is 19.8 Å². The summed E-state index contributed by atoms with van der Waals surface area (Å²) < 4.78 is 14.4. The number of esters is 1. The Hall–Kier alpha value is -0.940. The lowest BCUT2D eigenvalue weighted by Gasteiger charge is -2.09. The van der Waals surface area contributed by atoms with E-state index in [4.69, 9.17) is 9.47 Å². The number of hydrogen-bond acceptors (Lipinski definition) is 5. The summed E-state index contributed by atoms with van der Waals surface area (Å²) >= 11 is 0. The topological polar surface area (TPSA) is 61.8 Å². The number of unbranched alkanes of at least 4 members (excludes halogenated alkanes) is 1. The summed E-state index contributed by atoms with van der Waals surface area (Å²) in [5.74, 6) is -1.31. The molecule has 0 amide bonds. The van der Waals surface area contributed by atoms with E-state index in [0.29, 0.717) is 0 Å². The average molecular weight is 292 g/mol. The van der Waals surface area contributed by atoms with Crippen molar-refractivity contribution in [3.63, 3.8) is 0 Å². The molecule has 0 saturated heterocycles. The Labute approximate surface area is 124 Å². The summed E-state index contributed by atoms with van der Waals surface area (Å²) in [6.45, 7) is 14.7. The van der Waals surface area contributed by atoms with Crippen molar-refractivity contribution in [1.29, 1.82) is 0 Å². The van der Waals surface area contributed by atoms with Crippen molar-refractivity contribution in [3.05, 3.63) is 0 Å². The molecule has 5 heteroatoms. The molecule has 0 aromatic rings. The fourth-order valence-corrected chi connectivity index (χ4v) is 0.750. The molecule has 0 aliphatic rings. The average Bonchev–Trinajstić information content (AvgIpc) is 2.40. The molecule has 0 aliphatic carbocycles. The molecule has 0 aromatic carbocycles. The van der Waals surface area contributed by atoms with Gasteiger partial charge in [0.15, 0.2) is 6.29 Å². The zero-order chi connectivity index (χ0) is 16.4. The molecular formula is C15H32O5. The number of carbonyl (C=O) groups is 2. The Morgan fingerprint density at radius 2 is 1.25 bits per heavy atom. The second-order valence-electron chi connectivity index (χ2n) is 3.75.